The van der Waals surface area contributed by atoms with Gasteiger partial charge in [-0.1, -0.05) is 56.6 Å². The second kappa shape index (κ2) is 12.2. The Labute approximate surface area is 223 Å². The van der Waals surface area contributed by atoms with E-state index in [1.54, 1.807) is 24.3 Å². The van der Waals surface area contributed by atoms with Crippen molar-refractivity contribution in [2.45, 2.75) is 45.6 Å². The molecule has 0 unspecified atom stereocenters. The van der Waals surface area contributed by atoms with E-state index in [0.717, 1.165) is 35.6 Å². The summed E-state index contributed by atoms with van der Waals surface area (Å²) in [5.41, 5.74) is 3.46. The minimum absolute atomic E-state index is 0.0495. The van der Waals surface area contributed by atoms with Gasteiger partial charge in [-0.05, 0) is 65.9 Å². The Morgan fingerprint density at radius 1 is 0.946 bits per heavy atom. The number of nitrogens with one attached hydrogen (secondary N) is 1. The number of fused-ring (bicyclic) bond motifs is 1. The third-order valence-electron chi connectivity index (χ3n) is 6.10. The topological polar surface area (TPSA) is 65.4 Å². The molecule has 1 amide bonds. The average Bonchev–Trinajstić information content (AvgIpc) is 3.23. The number of nitrogens with zero attached hydrogens (tertiary/aromatic N) is 2. The number of aromatic nitrogens is 2. The highest BCUT2D eigenvalue weighted by atomic mass is 35.5. The minimum Gasteiger partial charge on any atom is -0.494 e. The monoisotopic (exact) mass is 519 g/mol. The molecule has 0 aliphatic heterocycles. The summed E-state index contributed by atoms with van der Waals surface area (Å²) in [4.78, 5) is 17.1. The van der Waals surface area contributed by atoms with Crippen LogP contribution in [0.3, 0.4) is 0 Å². The maximum Gasteiger partial charge on any atom is 0.257 e. The lowest BCUT2D eigenvalue weighted by Gasteiger charge is -2.19. The second-order valence-corrected chi connectivity index (χ2v) is 10.4. The van der Waals surface area contributed by atoms with Gasteiger partial charge in [0.05, 0.1) is 17.6 Å². The van der Waals surface area contributed by atoms with Gasteiger partial charge in [0.25, 0.3) is 5.91 Å². The quantitative estimate of drug-likeness (QED) is 0.240. The lowest BCUT2D eigenvalue weighted by atomic mass is 9.87. The highest BCUT2D eigenvalue weighted by Gasteiger charge is 2.14. The fourth-order valence-corrected chi connectivity index (χ4v) is 4.20. The molecule has 6 nitrogen and oxygen atoms in total. The molecule has 37 heavy (non-hydrogen) atoms. The van der Waals surface area contributed by atoms with Crippen molar-refractivity contribution in [2.24, 2.45) is 0 Å². The normalized spacial score (nSPS) is 11.5. The van der Waals surface area contributed by atoms with E-state index in [2.05, 4.69) is 48.9 Å². The number of carbonyl (C=O) groups is 1. The molecule has 194 valence electrons. The van der Waals surface area contributed by atoms with Gasteiger partial charge in [-0.3, -0.25) is 4.79 Å². The number of imidazole rings is 1. The summed E-state index contributed by atoms with van der Waals surface area (Å²) in [7, 11) is 0. The molecule has 0 bridgehead atoms. The highest BCUT2D eigenvalue weighted by molar-refractivity contribution is 6.30. The molecule has 1 N–H and O–H groups in total. The smallest absolute Gasteiger partial charge is 0.257 e. The van der Waals surface area contributed by atoms with Gasteiger partial charge in [0.2, 0.25) is 0 Å². The molecule has 3 aromatic carbocycles. The first-order chi connectivity index (χ1) is 17.8. The molecule has 4 rings (SSSR count). The van der Waals surface area contributed by atoms with Crippen LogP contribution in [0.15, 0.2) is 72.8 Å². The molecule has 0 saturated carbocycles. The predicted molar refractivity (Wildman–Crippen MR) is 149 cm³/mol. The first kappa shape index (κ1) is 26.6. The van der Waals surface area contributed by atoms with Crippen LogP contribution in [0.25, 0.3) is 11.0 Å². The summed E-state index contributed by atoms with van der Waals surface area (Å²) in [5.74, 6) is 2.25. The minimum atomic E-state index is -0.177. The van der Waals surface area contributed by atoms with Crippen LogP contribution in [0.4, 0.5) is 0 Å². The molecule has 0 atom stereocenters. The van der Waals surface area contributed by atoms with E-state index in [-0.39, 0.29) is 17.9 Å². The average molecular weight is 520 g/mol. The van der Waals surface area contributed by atoms with E-state index >= 15 is 0 Å². The van der Waals surface area contributed by atoms with E-state index in [9.17, 15) is 4.79 Å². The lowest BCUT2D eigenvalue weighted by Crippen LogP contribution is -2.31. The summed E-state index contributed by atoms with van der Waals surface area (Å²) in [6, 6.07) is 23.4. The molecule has 0 aliphatic carbocycles. The molecule has 7 heteroatoms. The highest BCUT2D eigenvalue weighted by Crippen LogP contribution is 2.24. The standard InChI is InChI=1S/C30H34ClN3O3/c1-30(2,3)22-9-13-24(14-10-22)36-20-6-19-34-27-8-5-4-7-26(27)33-28(34)17-18-32-29(35)21-37-25-15-11-23(31)12-16-25/h4-5,7-16H,6,17-21H2,1-3H3,(H,32,35). The first-order valence-electron chi connectivity index (χ1n) is 12.6. The van der Waals surface area contributed by atoms with Crippen LogP contribution in [0.2, 0.25) is 5.02 Å². The summed E-state index contributed by atoms with van der Waals surface area (Å²) in [5, 5.41) is 3.55. The Bertz CT molecular complexity index is 1310. The fourth-order valence-electron chi connectivity index (χ4n) is 4.07. The summed E-state index contributed by atoms with van der Waals surface area (Å²) >= 11 is 5.88. The SMILES string of the molecule is CC(C)(C)c1ccc(OCCCn2c(CCNC(=O)COc3ccc(Cl)cc3)nc3ccccc32)cc1. The Morgan fingerprint density at radius 2 is 1.62 bits per heavy atom. The molecule has 4 aromatic rings. The van der Waals surface area contributed by atoms with Crippen molar-refractivity contribution in [3.8, 4) is 11.5 Å². The van der Waals surface area contributed by atoms with Crippen LogP contribution >= 0.6 is 11.6 Å². The van der Waals surface area contributed by atoms with Crippen LogP contribution in [0, 0.1) is 0 Å². The molecule has 0 fully saturated rings. The first-order valence-corrected chi connectivity index (χ1v) is 13.0. The number of halogens is 1. The van der Waals surface area contributed by atoms with Gasteiger partial charge in [0.1, 0.15) is 17.3 Å². The van der Waals surface area contributed by atoms with E-state index in [4.69, 9.17) is 26.1 Å². The molecule has 0 radical (unpaired) electrons. The zero-order valence-corrected chi connectivity index (χ0v) is 22.4. The maximum atomic E-state index is 12.2. The molecular formula is C30H34ClN3O3. The Kier molecular flexibility index (Phi) is 8.72. The van der Waals surface area contributed by atoms with E-state index in [0.29, 0.717) is 30.3 Å². The third-order valence-corrected chi connectivity index (χ3v) is 6.36. The Morgan fingerprint density at radius 3 is 2.35 bits per heavy atom. The van der Waals surface area contributed by atoms with Crippen molar-refractivity contribution in [3.05, 3.63) is 89.2 Å². The predicted octanol–water partition coefficient (Wildman–Crippen LogP) is 6.19. The van der Waals surface area contributed by atoms with E-state index < -0.39 is 0 Å². The van der Waals surface area contributed by atoms with Crippen LogP contribution in [0.5, 0.6) is 11.5 Å². The van der Waals surface area contributed by atoms with E-state index in [1.807, 2.05) is 30.3 Å². The summed E-state index contributed by atoms with van der Waals surface area (Å²) in [6.07, 6.45) is 1.46. The molecule has 1 heterocycles. The number of rotatable bonds is 11. The Balaban J connectivity index is 1.28. The van der Waals surface area contributed by atoms with Gasteiger partial charge in [-0.2, -0.15) is 0 Å². The second-order valence-electron chi connectivity index (χ2n) is 9.99. The zero-order chi connectivity index (χ0) is 26.3. The van der Waals surface area contributed by atoms with Crippen molar-refractivity contribution in [3.63, 3.8) is 0 Å². The van der Waals surface area contributed by atoms with Gasteiger partial charge in [0.15, 0.2) is 6.61 Å². The van der Waals surface area contributed by atoms with Crippen LogP contribution in [-0.2, 0) is 23.2 Å². The maximum absolute atomic E-state index is 12.2. The number of aryl methyl sites for hydroxylation is 1. The number of para-hydroxylation sites is 2. The number of ether oxygens (including phenoxy) is 2. The number of hydrogen-bond donors (Lipinski definition) is 1. The molecule has 1 aromatic heterocycles. The lowest BCUT2D eigenvalue weighted by molar-refractivity contribution is -0.123. The summed E-state index contributed by atoms with van der Waals surface area (Å²) in [6.45, 7) is 8.43. The molecule has 0 aliphatic rings. The molecule has 0 spiro atoms. The largest absolute Gasteiger partial charge is 0.494 e. The van der Waals surface area contributed by atoms with Crippen molar-refractivity contribution in [2.75, 3.05) is 19.8 Å². The van der Waals surface area contributed by atoms with E-state index in [1.165, 1.54) is 5.56 Å². The van der Waals surface area contributed by atoms with Crippen LogP contribution in [0.1, 0.15) is 38.6 Å². The third kappa shape index (κ3) is 7.49. The van der Waals surface area contributed by atoms with Crippen molar-refractivity contribution >= 4 is 28.5 Å². The molecule has 0 saturated heterocycles. The zero-order valence-electron chi connectivity index (χ0n) is 21.7. The number of carbonyl (C=O) groups excluding carboxylic acids is 1. The number of hydrogen-bond acceptors (Lipinski definition) is 4. The van der Waals surface area contributed by atoms with Crippen molar-refractivity contribution in [1.82, 2.24) is 14.9 Å². The molecular weight excluding hydrogens is 486 g/mol. The van der Waals surface area contributed by atoms with Crippen molar-refractivity contribution in [1.29, 1.82) is 0 Å². The van der Waals surface area contributed by atoms with Crippen molar-refractivity contribution < 1.29 is 14.3 Å². The van der Waals surface area contributed by atoms with Crippen LogP contribution < -0.4 is 14.8 Å². The van der Waals surface area contributed by atoms with Gasteiger partial charge in [0, 0.05) is 24.5 Å². The summed E-state index contributed by atoms with van der Waals surface area (Å²) < 4.78 is 13.7. The Hall–Kier alpha value is -3.51. The van der Waals surface area contributed by atoms with Gasteiger partial charge in [-0.15, -0.1) is 0 Å². The van der Waals surface area contributed by atoms with Gasteiger partial charge in [-0.25, -0.2) is 4.98 Å². The van der Waals surface area contributed by atoms with Crippen LogP contribution in [-0.4, -0.2) is 35.2 Å². The fraction of sp³-hybridized carbons (Fsp3) is 0.333. The van der Waals surface area contributed by atoms with Gasteiger partial charge >= 0.3 is 0 Å². The number of benzene rings is 3. The van der Waals surface area contributed by atoms with Gasteiger partial charge < -0.3 is 19.4 Å². The number of amides is 1.